The summed E-state index contributed by atoms with van der Waals surface area (Å²) in [6, 6.07) is 12.4. The van der Waals surface area contributed by atoms with Gasteiger partial charge in [-0.15, -0.1) is 0 Å². The van der Waals surface area contributed by atoms with Crippen molar-refractivity contribution >= 4 is 17.9 Å². The van der Waals surface area contributed by atoms with Gasteiger partial charge in [0.1, 0.15) is 17.3 Å². The highest BCUT2D eigenvalue weighted by molar-refractivity contribution is 5.90. The second-order valence-corrected chi connectivity index (χ2v) is 8.71. The molecule has 0 heterocycles. The number of rotatable bonds is 11. The van der Waals surface area contributed by atoms with Crippen LogP contribution in [-0.4, -0.2) is 42.8 Å². The number of hydrogen-bond acceptors (Lipinski definition) is 8. The van der Waals surface area contributed by atoms with Gasteiger partial charge in [-0.3, -0.25) is 0 Å². The van der Waals surface area contributed by atoms with Gasteiger partial charge in [0.15, 0.2) is 6.61 Å². The Balaban J connectivity index is 0.000000397. The van der Waals surface area contributed by atoms with E-state index in [1.54, 1.807) is 24.3 Å². The summed E-state index contributed by atoms with van der Waals surface area (Å²) >= 11 is 0. The summed E-state index contributed by atoms with van der Waals surface area (Å²) in [5.74, 6) is 0.401. The molecule has 0 aliphatic rings. The number of carbonyl (C=O) groups is 3. The molecule has 196 valence electrons. The molecule has 0 radical (unpaired) electrons. The van der Waals surface area contributed by atoms with Gasteiger partial charge in [-0.2, -0.15) is 0 Å². The highest BCUT2D eigenvalue weighted by Gasteiger charge is 2.10. The maximum absolute atomic E-state index is 11.7. The SMILES string of the molecule is C=C(CC)OC(=O)COc1ccc(C(=O)OCC(C)C)cc1.CC(C)COC(=O)c1ccc(O)cc1. The zero-order valence-corrected chi connectivity index (χ0v) is 21.6. The summed E-state index contributed by atoms with van der Waals surface area (Å²) in [6.07, 6.45) is 0.568. The topological polar surface area (TPSA) is 108 Å². The maximum Gasteiger partial charge on any atom is 0.349 e. The van der Waals surface area contributed by atoms with E-state index < -0.39 is 5.97 Å². The van der Waals surface area contributed by atoms with E-state index in [1.807, 2.05) is 34.6 Å². The second-order valence-electron chi connectivity index (χ2n) is 8.71. The van der Waals surface area contributed by atoms with Crippen LogP contribution in [0.5, 0.6) is 11.5 Å². The molecule has 0 amide bonds. The number of phenolic OH excluding ortho intramolecular Hbond substituents is 1. The van der Waals surface area contributed by atoms with Crippen molar-refractivity contribution in [1.29, 1.82) is 0 Å². The number of phenols is 1. The highest BCUT2D eigenvalue weighted by Crippen LogP contribution is 2.14. The lowest BCUT2D eigenvalue weighted by Gasteiger charge is -2.09. The number of benzene rings is 2. The van der Waals surface area contributed by atoms with Crippen molar-refractivity contribution < 1.29 is 38.4 Å². The molecule has 0 bridgehead atoms. The molecule has 0 aromatic heterocycles. The van der Waals surface area contributed by atoms with Crippen molar-refractivity contribution in [2.24, 2.45) is 11.8 Å². The van der Waals surface area contributed by atoms with Gasteiger partial charge in [0.25, 0.3) is 0 Å². The minimum atomic E-state index is -0.507. The standard InChI is InChI=1S/C17H22O5.C11H14O3/c1-5-13(4)22-16(18)11-20-15-8-6-14(7-9-15)17(19)21-10-12(2)3;1-8(2)7-14-11(13)9-3-5-10(12)6-4-9/h6-9,12H,4-5,10-11H2,1-3H3;3-6,8,12H,7H2,1-2H3. The van der Waals surface area contributed by atoms with Crippen LogP contribution >= 0.6 is 0 Å². The smallest absolute Gasteiger partial charge is 0.349 e. The molecule has 8 heteroatoms. The molecule has 0 aliphatic carbocycles. The number of hydrogen-bond donors (Lipinski definition) is 1. The Kier molecular flexibility index (Phi) is 13.4. The molecular formula is C28H36O8. The number of allylic oxidation sites excluding steroid dienone is 1. The van der Waals surface area contributed by atoms with Crippen molar-refractivity contribution in [2.75, 3.05) is 19.8 Å². The fourth-order valence-electron chi connectivity index (χ4n) is 2.34. The maximum atomic E-state index is 11.7. The van der Waals surface area contributed by atoms with Gasteiger partial charge in [0, 0.05) is 6.42 Å². The Morgan fingerprint density at radius 3 is 1.67 bits per heavy atom. The molecule has 2 aromatic rings. The van der Waals surface area contributed by atoms with Crippen molar-refractivity contribution in [3.63, 3.8) is 0 Å². The van der Waals surface area contributed by atoms with E-state index in [0.717, 1.165) is 0 Å². The number of aromatic hydroxyl groups is 1. The normalized spacial score (nSPS) is 10.2. The van der Waals surface area contributed by atoms with Crippen molar-refractivity contribution in [2.45, 2.75) is 41.0 Å². The van der Waals surface area contributed by atoms with Crippen LogP contribution in [0.25, 0.3) is 0 Å². The summed E-state index contributed by atoms with van der Waals surface area (Å²) in [5.41, 5.74) is 0.901. The molecule has 0 saturated heterocycles. The average Bonchev–Trinajstić information content (AvgIpc) is 2.85. The van der Waals surface area contributed by atoms with E-state index in [2.05, 4.69) is 6.58 Å². The summed E-state index contributed by atoms with van der Waals surface area (Å²) < 4.78 is 20.3. The molecule has 0 atom stereocenters. The zero-order valence-electron chi connectivity index (χ0n) is 21.6. The quantitative estimate of drug-likeness (QED) is 0.243. The molecule has 8 nitrogen and oxygen atoms in total. The van der Waals surface area contributed by atoms with Crippen LogP contribution in [0.2, 0.25) is 0 Å². The third-order valence-electron chi connectivity index (χ3n) is 4.30. The Labute approximate surface area is 212 Å². The first kappa shape index (κ1) is 30.2. The van der Waals surface area contributed by atoms with Gasteiger partial charge in [-0.1, -0.05) is 41.2 Å². The molecule has 1 N–H and O–H groups in total. The Bertz CT molecular complexity index is 976. The largest absolute Gasteiger partial charge is 0.508 e. The van der Waals surface area contributed by atoms with Crippen LogP contribution in [0.4, 0.5) is 0 Å². The predicted octanol–water partition coefficient (Wildman–Crippen LogP) is 5.55. The fourth-order valence-corrected chi connectivity index (χ4v) is 2.34. The second kappa shape index (κ2) is 16.0. The summed E-state index contributed by atoms with van der Waals surface area (Å²) in [6.45, 7) is 13.9. The summed E-state index contributed by atoms with van der Waals surface area (Å²) in [5, 5.41) is 9.00. The number of esters is 3. The molecule has 36 heavy (non-hydrogen) atoms. The van der Waals surface area contributed by atoms with E-state index in [9.17, 15) is 14.4 Å². The van der Waals surface area contributed by atoms with Crippen LogP contribution in [0.1, 0.15) is 61.8 Å². The van der Waals surface area contributed by atoms with Crippen LogP contribution in [0, 0.1) is 11.8 Å². The monoisotopic (exact) mass is 500 g/mol. The molecule has 0 unspecified atom stereocenters. The van der Waals surface area contributed by atoms with E-state index in [0.29, 0.717) is 48.2 Å². The Hall–Kier alpha value is -3.81. The van der Waals surface area contributed by atoms with Crippen LogP contribution < -0.4 is 4.74 Å². The van der Waals surface area contributed by atoms with Gasteiger partial charge in [0.2, 0.25) is 0 Å². The van der Waals surface area contributed by atoms with E-state index in [4.69, 9.17) is 24.1 Å². The molecule has 2 rings (SSSR count). The van der Waals surface area contributed by atoms with Gasteiger partial charge < -0.3 is 24.1 Å². The lowest BCUT2D eigenvalue weighted by atomic mass is 10.2. The average molecular weight is 501 g/mol. The van der Waals surface area contributed by atoms with Crippen LogP contribution in [0.15, 0.2) is 60.9 Å². The number of ether oxygens (including phenoxy) is 4. The third kappa shape index (κ3) is 12.6. The fraction of sp³-hybridized carbons (Fsp3) is 0.393. The first-order valence-electron chi connectivity index (χ1n) is 11.8. The highest BCUT2D eigenvalue weighted by atomic mass is 16.6. The molecule has 0 spiro atoms. The summed E-state index contributed by atoms with van der Waals surface area (Å²) in [7, 11) is 0. The molecule has 2 aromatic carbocycles. The van der Waals surface area contributed by atoms with Gasteiger partial charge in [-0.25, -0.2) is 14.4 Å². The molecule has 0 aliphatic heterocycles. The zero-order chi connectivity index (χ0) is 27.1. The van der Waals surface area contributed by atoms with E-state index in [-0.39, 0.29) is 30.2 Å². The van der Waals surface area contributed by atoms with Crippen molar-refractivity contribution in [1.82, 2.24) is 0 Å². The van der Waals surface area contributed by atoms with Crippen LogP contribution in [-0.2, 0) is 19.0 Å². The van der Waals surface area contributed by atoms with Crippen molar-refractivity contribution in [3.05, 3.63) is 72.0 Å². The van der Waals surface area contributed by atoms with Gasteiger partial charge >= 0.3 is 17.9 Å². The minimum absolute atomic E-state index is 0.144. The predicted molar refractivity (Wildman–Crippen MR) is 136 cm³/mol. The van der Waals surface area contributed by atoms with Crippen molar-refractivity contribution in [3.8, 4) is 11.5 Å². The minimum Gasteiger partial charge on any atom is -0.508 e. The molecular weight excluding hydrogens is 464 g/mol. The molecule has 0 fully saturated rings. The molecule has 0 saturated carbocycles. The lowest BCUT2D eigenvalue weighted by Crippen LogP contribution is -2.14. The Morgan fingerprint density at radius 2 is 1.25 bits per heavy atom. The summed E-state index contributed by atoms with van der Waals surface area (Å²) in [4.78, 5) is 34.5. The van der Waals surface area contributed by atoms with Crippen LogP contribution in [0.3, 0.4) is 0 Å². The first-order chi connectivity index (χ1) is 17.0. The van der Waals surface area contributed by atoms with Gasteiger partial charge in [0.05, 0.1) is 24.3 Å². The number of carbonyl (C=O) groups excluding carboxylic acids is 3. The Morgan fingerprint density at radius 1 is 0.806 bits per heavy atom. The van der Waals surface area contributed by atoms with Gasteiger partial charge in [-0.05, 0) is 60.4 Å². The van der Waals surface area contributed by atoms with E-state index >= 15 is 0 Å². The first-order valence-corrected chi connectivity index (χ1v) is 11.8. The third-order valence-corrected chi connectivity index (χ3v) is 4.30. The van der Waals surface area contributed by atoms with E-state index in [1.165, 1.54) is 24.3 Å². The lowest BCUT2D eigenvalue weighted by molar-refractivity contribution is -0.141.